The van der Waals surface area contributed by atoms with Gasteiger partial charge in [0.05, 0.1) is 71.1 Å². The van der Waals surface area contributed by atoms with E-state index in [0.29, 0.717) is 120 Å². The maximum Gasteiger partial charge on any atom is 0.141 e. The van der Waals surface area contributed by atoms with Crippen molar-refractivity contribution in [1.29, 1.82) is 0 Å². The van der Waals surface area contributed by atoms with Gasteiger partial charge in [-0.3, -0.25) is 0 Å². The molecule has 5 N–H and O–H groups in total. The molecule has 664 valence electrons. The van der Waals surface area contributed by atoms with Crippen molar-refractivity contribution in [1.82, 2.24) is 73.8 Å². The summed E-state index contributed by atoms with van der Waals surface area (Å²) in [7, 11) is 3.00. The van der Waals surface area contributed by atoms with Crippen LogP contribution < -0.4 is 23.7 Å². The number of aliphatic hydroxyl groups is 5. The van der Waals surface area contributed by atoms with Crippen molar-refractivity contribution >= 4 is 104 Å². The SMILES string of the molecule is C#CCC(O)(Cn1cncn1)c1ccc(Oc2ccc(Cl)cc2)cc1Cl.CC(F)C(O)(Cn1cncn1)c1ccc(Oc2ccc(Cl)cc2)cc1Cl.CC(O)(Cn1cncn1)c1ccc(Oc2ccc(Cl)cc2)cc1Cl.COCC(O)(Cn1cncn1)c1ccc(Oc2ccc(Cl)cc2)cc1Cl.COCC(O)(Cn1cncn1)c1ccc(Oc2ccc(F)cc2)cc1Cl. The lowest BCUT2D eigenvalue weighted by Gasteiger charge is -2.31. The number of halogens is 11. The standard InChI is InChI=1S/C19H15Cl2N3O2.C18H16Cl2FN3O2.C18H17Cl2N3O3.C18H17ClFN3O3.C17H15Cl2N3O2/c1-2-9-19(25,11-24-13-22-12-23-24)17-8-7-16(10-18(17)21)26-15-5-3-14(20)4-6-15;1-12(21)18(25,9-24-11-22-10-23-24)16-7-6-15(8-17(16)20)26-14-4-2-13(19)3-5-14;1-25-10-18(24,9-23-12-21-11-22-23)16-7-6-15(8-17(16)20)26-14-4-2-13(19)3-5-14;1-25-10-18(24,9-23-12-21-11-22-23)16-7-6-15(8-17(16)19)26-14-4-2-13(20)3-5-14;1-17(23,9-22-11-20-10-21-22)15-7-6-14(8-16(15)19)24-13-4-2-12(18)3-5-13/h1,3-8,10,12-13,25H,9,11H2;2-8,10-12,25H,9H2,1H3;2*2-8,11-12,24H,9-10H2,1H3;2-8,10-11,23H,9H2,1H3. The molecule has 0 saturated carbocycles. The predicted octanol–water partition coefficient (Wildman–Crippen LogP) is 20.5. The fourth-order valence-electron chi connectivity index (χ4n) is 12.7. The quantitative estimate of drug-likeness (QED) is 0.0252. The van der Waals surface area contributed by atoms with Crippen LogP contribution in [0.2, 0.25) is 45.2 Å². The molecule has 5 heterocycles. The summed E-state index contributed by atoms with van der Waals surface area (Å²) >= 11 is 55.3. The van der Waals surface area contributed by atoms with Gasteiger partial charge >= 0.3 is 0 Å². The van der Waals surface area contributed by atoms with Crippen LogP contribution in [-0.2, 0) is 70.2 Å². The summed E-state index contributed by atoms with van der Waals surface area (Å²) in [6.07, 6.45) is 18.3. The van der Waals surface area contributed by atoms with Crippen LogP contribution in [0.15, 0.2) is 276 Å². The average Bonchev–Trinajstić information content (AvgIpc) is 1.07. The van der Waals surface area contributed by atoms with Gasteiger partial charge in [0.15, 0.2) is 0 Å². The molecule has 15 rings (SSSR count). The highest BCUT2D eigenvalue weighted by Gasteiger charge is 2.40. The van der Waals surface area contributed by atoms with Gasteiger partial charge in [-0.25, -0.2) is 57.1 Å². The van der Waals surface area contributed by atoms with E-state index in [1.165, 1.54) is 127 Å². The molecule has 128 heavy (non-hydrogen) atoms. The summed E-state index contributed by atoms with van der Waals surface area (Å²) in [6.45, 7) is 3.53. The monoisotopic (exact) mass is 1920 g/mol. The smallest absolute Gasteiger partial charge is 0.141 e. The Balaban J connectivity index is 0.000000155. The first-order valence-electron chi connectivity index (χ1n) is 38.3. The Morgan fingerprint density at radius 3 is 0.844 bits per heavy atom. The summed E-state index contributed by atoms with van der Waals surface area (Å²) < 4.78 is 73.6. The molecule has 0 radical (unpaired) electrons. The van der Waals surface area contributed by atoms with E-state index >= 15 is 0 Å². The van der Waals surface area contributed by atoms with Gasteiger partial charge in [-0.1, -0.05) is 135 Å². The van der Waals surface area contributed by atoms with Crippen molar-refractivity contribution in [3.8, 4) is 69.8 Å². The number of alkyl halides is 1. The molecular formula is C90H80Cl9F2N15O12. The first-order valence-corrected chi connectivity index (χ1v) is 41.7. The number of hydrogen-bond donors (Lipinski definition) is 5. The third-order valence-electron chi connectivity index (χ3n) is 18.8. The Morgan fingerprint density at radius 1 is 0.344 bits per heavy atom. The summed E-state index contributed by atoms with van der Waals surface area (Å²) in [6, 6.07) is 58.4. The van der Waals surface area contributed by atoms with Gasteiger partial charge < -0.3 is 58.7 Å². The van der Waals surface area contributed by atoms with E-state index in [9.17, 15) is 34.3 Å². The van der Waals surface area contributed by atoms with Crippen LogP contribution in [0.25, 0.3) is 0 Å². The second kappa shape index (κ2) is 45.6. The highest BCUT2D eigenvalue weighted by atomic mass is 35.5. The number of hydrogen-bond acceptors (Lipinski definition) is 22. The molecule has 15 aromatic rings. The van der Waals surface area contributed by atoms with Crippen molar-refractivity contribution in [3.05, 3.63) is 354 Å². The molecule has 0 fully saturated rings. The molecule has 38 heteroatoms. The van der Waals surface area contributed by atoms with Crippen molar-refractivity contribution in [2.24, 2.45) is 0 Å². The molecule has 0 spiro atoms. The molecule has 0 aliphatic carbocycles. The second-order valence-electron chi connectivity index (χ2n) is 28.6. The minimum absolute atomic E-state index is 0.0186. The predicted molar refractivity (Wildman–Crippen MR) is 483 cm³/mol. The van der Waals surface area contributed by atoms with Gasteiger partial charge in [-0.05, 0) is 196 Å². The van der Waals surface area contributed by atoms with Crippen LogP contribution in [0.1, 0.15) is 48.1 Å². The zero-order valence-electron chi connectivity index (χ0n) is 68.3. The third kappa shape index (κ3) is 27.6. The first kappa shape index (κ1) is 97.3. The minimum atomic E-state index is -1.86. The summed E-state index contributed by atoms with van der Waals surface area (Å²) in [5.41, 5.74) is -4.87. The molecule has 6 unspecified atom stereocenters. The van der Waals surface area contributed by atoms with E-state index in [1.807, 2.05) is 0 Å². The van der Waals surface area contributed by atoms with E-state index in [2.05, 4.69) is 56.3 Å². The molecule has 5 aromatic heterocycles. The fourth-order valence-corrected chi connectivity index (χ4v) is 14.9. The van der Waals surface area contributed by atoms with Crippen LogP contribution in [-0.4, -0.2) is 133 Å². The Bertz CT molecular complexity index is 5890. The van der Waals surface area contributed by atoms with Crippen LogP contribution in [0.3, 0.4) is 0 Å². The van der Waals surface area contributed by atoms with Gasteiger partial charge in [0.2, 0.25) is 0 Å². The normalized spacial score (nSPS) is 13.6. The number of ether oxygens (including phenoxy) is 7. The van der Waals surface area contributed by atoms with E-state index in [1.54, 1.807) is 200 Å². The molecule has 27 nitrogen and oxygen atoms in total. The zero-order valence-corrected chi connectivity index (χ0v) is 75.1. The van der Waals surface area contributed by atoms with Crippen LogP contribution >= 0.6 is 104 Å². The highest BCUT2D eigenvalue weighted by Crippen LogP contribution is 2.42. The van der Waals surface area contributed by atoms with Crippen LogP contribution in [0, 0.1) is 18.2 Å². The van der Waals surface area contributed by atoms with E-state index in [4.69, 9.17) is 144 Å². The number of methoxy groups -OCH3 is 2. The van der Waals surface area contributed by atoms with Crippen LogP contribution in [0.4, 0.5) is 8.78 Å². The largest absolute Gasteiger partial charge is 0.457 e. The molecule has 0 aliphatic rings. The average molecular weight is 1920 g/mol. The Morgan fingerprint density at radius 2 is 0.586 bits per heavy atom. The number of aromatic nitrogens is 15. The lowest BCUT2D eigenvalue weighted by Crippen LogP contribution is -2.40. The third-order valence-corrected chi connectivity index (χ3v) is 21.4. The molecule has 0 amide bonds. The Hall–Kier alpha value is -11.4. The number of nitrogens with zero attached hydrogens (tertiary/aromatic N) is 15. The lowest BCUT2D eigenvalue weighted by molar-refractivity contribution is -0.0507. The molecule has 0 saturated heterocycles. The molecule has 0 aliphatic heterocycles. The topological polar surface area (TPSA) is 319 Å². The Kier molecular flexibility index (Phi) is 34.6. The maximum atomic E-state index is 14.3. The zero-order chi connectivity index (χ0) is 91.6. The number of rotatable bonds is 31. The summed E-state index contributed by atoms with van der Waals surface area (Å²) in [4.78, 5) is 19.3. The van der Waals surface area contributed by atoms with Gasteiger partial charge in [-0.15, -0.1) is 12.3 Å². The maximum absolute atomic E-state index is 14.3. The lowest BCUT2D eigenvalue weighted by atomic mass is 9.89. The molecular weight excluding hydrogens is 1840 g/mol. The van der Waals surface area contributed by atoms with Crippen molar-refractivity contribution < 1.29 is 67.5 Å². The fraction of sp³-hybridized carbons (Fsp3) is 0.200. The van der Waals surface area contributed by atoms with Gasteiger partial charge in [0.25, 0.3) is 0 Å². The van der Waals surface area contributed by atoms with E-state index < -0.39 is 34.2 Å². The summed E-state index contributed by atoms with van der Waals surface area (Å²) in [5.74, 6) is 7.68. The van der Waals surface area contributed by atoms with Gasteiger partial charge in [0.1, 0.15) is 161 Å². The van der Waals surface area contributed by atoms with Crippen molar-refractivity contribution in [3.63, 3.8) is 0 Å². The second-order valence-corrected chi connectivity index (χ2v) is 32.4. The molecule has 6 atom stereocenters. The number of terminal acetylenes is 1. The highest BCUT2D eigenvalue weighted by molar-refractivity contribution is 6.34. The van der Waals surface area contributed by atoms with Crippen molar-refractivity contribution in [2.75, 3.05) is 27.4 Å². The number of benzene rings is 10. The molecule has 0 bridgehead atoms. The van der Waals surface area contributed by atoms with E-state index in [-0.39, 0.29) is 68.8 Å². The van der Waals surface area contributed by atoms with Gasteiger partial charge in [-0.2, -0.15) is 25.5 Å². The summed E-state index contributed by atoms with van der Waals surface area (Å²) in [5, 5.41) is 78.9. The van der Waals surface area contributed by atoms with Gasteiger partial charge in [0, 0.05) is 68.5 Å². The minimum Gasteiger partial charge on any atom is -0.457 e. The van der Waals surface area contributed by atoms with E-state index in [0.717, 1.165) is 0 Å². The van der Waals surface area contributed by atoms with Crippen LogP contribution in [0.5, 0.6) is 57.5 Å². The van der Waals surface area contributed by atoms with Crippen molar-refractivity contribution in [2.45, 2.75) is 87.2 Å². The Labute approximate surface area is 779 Å². The first-order chi connectivity index (χ1) is 61.3. The molecule has 10 aromatic carbocycles.